The lowest BCUT2D eigenvalue weighted by Gasteiger charge is -2.34. The van der Waals surface area contributed by atoms with Crippen molar-refractivity contribution in [2.24, 2.45) is 0 Å². The maximum absolute atomic E-state index is 12.8. The van der Waals surface area contributed by atoms with Crippen LogP contribution in [0.5, 0.6) is 5.75 Å². The molecule has 0 unspecified atom stereocenters. The first-order valence-corrected chi connectivity index (χ1v) is 8.91. The van der Waals surface area contributed by atoms with Crippen molar-refractivity contribution in [3.63, 3.8) is 0 Å². The highest BCUT2D eigenvalue weighted by Gasteiger charge is 2.35. The molecular formula is C20H18ClN3O2. The van der Waals surface area contributed by atoms with Crippen molar-refractivity contribution in [2.75, 3.05) is 0 Å². The second-order valence-corrected chi connectivity index (χ2v) is 6.89. The Bertz CT molecular complexity index is 968. The fraction of sp³-hybridized carbons (Fsp3) is 0.350. The number of rotatable bonds is 3. The summed E-state index contributed by atoms with van der Waals surface area (Å²) in [4.78, 5) is 21.4. The number of ether oxygens (including phenoxy) is 1. The summed E-state index contributed by atoms with van der Waals surface area (Å²) in [5, 5.41) is 0.364. The van der Waals surface area contributed by atoms with Crippen LogP contribution in [0.15, 0.2) is 36.7 Å². The number of fused-ring (bicyclic) bond motifs is 1. The van der Waals surface area contributed by atoms with Gasteiger partial charge in [-0.1, -0.05) is 17.7 Å². The highest BCUT2D eigenvalue weighted by molar-refractivity contribution is 6.33. The zero-order valence-electron chi connectivity index (χ0n) is 16.0. The number of halogens is 1. The van der Waals surface area contributed by atoms with E-state index in [1.807, 2.05) is 0 Å². The van der Waals surface area contributed by atoms with Crippen molar-refractivity contribution in [3.8, 4) is 5.75 Å². The lowest BCUT2D eigenvalue weighted by molar-refractivity contribution is 0.0561. The van der Waals surface area contributed by atoms with Crippen molar-refractivity contribution in [3.05, 3.63) is 64.2 Å². The van der Waals surface area contributed by atoms with Crippen molar-refractivity contribution in [1.82, 2.24) is 9.88 Å². The molecule has 132 valence electrons. The lowest BCUT2D eigenvalue weighted by Crippen LogP contribution is -2.40. The molecule has 5 nitrogen and oxygen atoms in total. The Kier molecular flexibility index (Phi) is 3.91. The SMILES string of the molecule is [2H]C1([2H])c2ccncc2C(=O)N1C1CCC(Oc2ccc([N+]#[C-])c(Cl)c2)CC1. The van der Waals surface area contributed by atoms with Crippen LogP contribution in [0.1, 0.15) is 44.3 Å². The average molecular weight is 370 g/mol. The molecule has 1 amide bonds. The molecule has 0 bridgehead atoms. The van der Waals surface area contributed by atoms with E-state index >= 15 is 0 Å². The Morgan fingerprint density at radius 3 is 2.81 bits per heavy atom. The molecule has 1 aromatic carbocycles. The molecule has 0 N–H and O–H groups in total. The van der Waals surface area contributed by atoms with E-state index in [1.54, 1.807) is 24.3 Å². The Morgan fingerprint density at radius 1 is 1.31 bits per heavy atom. The van der Waals surface area contributed by atoms with Gasteiger partial charge in [-0.3, -0.25) is 9.78 Å². The Hall–Kier alpha value is -2.58. The highest BCUT2D eigenvalue weighted by atomic mass is 35.5. The predicted molar refractivity (Wildman–Crippen MR) is 98.5 cm³/mol. The number of hydrogen-bond donors (Lipinski definition) is 0. The molecule has 26 heavy (non-hydrogen) atoms. The molecule has 0 spiro atoms. The summed E-state index contributed by atoms with van der Waals surface area (Å²) in [6.07, 6.45) is 5.67. The van der Waals surface area contributed by atoms with Crippen molar-refractivity contribution in [1.29, 1.82) is 0 Å². The number of aromatic nitrogens is 1. The fourth-order valence-electron chi connectivity index (χ4n) is 3.50. The Morgan fingerprint density at radius 2 is 2.12 bits per heavy atom. The van der Waals surface area contributed by atoms with Gasteiger partial charge in [0.05, 0.1) is 26.0 Å². The fourth-order valence-corrected chi connectivity index (χ4v) is 3.71. The second kappa shape index (κ2) is 6.97. The number of nitrogens with zero attached hydrogens (tertiary/aromatic N) is 3. The molecule has 1 aromatic heterocycles. The molecular weight excluding hydrogens is 350 g/mol. The number of hydrogen-bond acceptors (Lipinski definition) is 3. The van der Waals surface area contributed by atoms with E-state index in [-0.39, 0.29) is 18.1 Å². The van der Waals surface area contributed by atoms with Crippen LogP contribution in [0.2, 0.25) is 5.02 Å². The molecule has 6 heteroatoms. The summed E-state index contributed by atoms with van der Waals surface area (Å²) in [6, 6.07) is 6.42. The first-order chi connectivity index (χ1) is 13.4. The monoisotopic (exact) mass is 369 g/mol. The lowest BCUT2D eigenvalue weighted by atomic mass is 9.92. The van der Waals surface area contributed by atoms with E-state index < -0.39 is 6.50 Å². The molecule has 1 fully saturated rings. The van der Waals surface area contributed by atoms with Crippen molar-refractivity contribution in [2.45, 2.75) is 44.3 Å². The topological polar surface area (TPSA) is 46.8 Å². The maximum atomic E-state index is 12.8. The average Bonchev–Trinajstić information content (AvgIpc) is 2.89. The predicted octanol–water partition coefficient (Wildman–Crippen LogP) is 4.63. The highest BCUT2D eigenvalue weighted by Crippen LogP contribution is 2.34. The van der Waals surface area contributed by atoms with Crippen LogP contribution in [0.4, 0.5) is 5.69 Å². The van der Waals surface area contributed by atoms with Gasteiger partial charge in [0, 0.05) is 24.9 Å². The van der Waals surface area contributed by atoms with E-state index in [1.165, 1.54) is 17.3 Å². The van der Waals surface area contributed by atoms with Crippen LogP contribution in [-0.2, 0) is 6.50 Å². The smallest absolute Gasteiger partial charge is 0.256 e. The third kappa shape index (κ3) is 3.13. The van der Waals surface area contributed by atoms with Gasteiger partial charge in [0.15, 0.2) is 0 Å². The summed E-state index contributed by atoms with van der Waals surface area (Å²) in [6.45, 7) is 5.22. The zero-order valence-corrected chi connectivity index (χ0v) is 14.7. The molecule has 0 saturated heterocycles. The minimum absolute atomic E-state index is 0.0290. The van der Waals surface area contributed by atoms with Gasteiger partial charge in [-0.25, -0.2) is 4.85 Å². The van der Waals surface area contributed by atoms with Crippen LogP contribution < -0.4 is 4.74 Å². The van der Waals surface area contributed by atoms with Gasteiger partial charge in [0.25, 0.3) is 5.91 Å². The molecule has 2 aliphatic rings. The second-order valence-electron chi connectivity index (χ2n) is 6.48. The van der Waals surface area contributed by atoms with Crippen molar-refractivity contribution < 1.29 is 12.3 Å². The Balaban J connectivity index is 1.43. The molecule has 2 aromatic rings. The molecule has 0 radical (unpaired) electrons. The first-order valence-electron chi connectivity index (χ1n) is 9.53. The van der Waals surface area contributed by atoms with E-state index in [0.29, 0.717) is 53.3 Å². The third-order valence-corrected chi connectivity index (χ3v) is 5.17. The van der Waals surface area contributed by atoms with Gasteiger partial charge in [-0.05, 0) is 49.4 Å². The molecule has 1 saturated carbocycles. The minimum atomic E-state index is -1.82. The minimum Gasteiger partial charge on any atom is -0.490 e. The number of benzene rings is 1. The number of amides is 1. The molecule has 4 rings (SSSR count). The van der Waals surface area contributed by atoms with E-state index in [9.17, 15) is 4.79 Å². The van der Waals surface area contributed by atoms with Gasteiger partial charge in [0.2, 0.25) is 5.69 Å². The van der Waals surface area contributed by atoms with E-state index in [0.717, 1.165) is 0 Å². The molecule has 0 atom stereocenters. The summed E-state index contributed by atoms with van der Waals surface area (Å²) >= 11 is 6.06. The van der Waals surface area contributed by atoms with Gasteiger partial charge in [0.1, 0.15) is 5.75 Å². The summed E-state index contributed by atoms with van der Waals surface area (Å²) in [5.74, 6) is 0.325. The van der Waals surface area contributed by atoms with Crippen LogP contribution in [-0.4, -0.2) is 27.9 Å². The zero-order chi connectivity index (χ0) is 19.9. The number of carbonyl (C=O) groups excluding carboxylic acids is 1. The molecule has 1 aliphatic carbocycles. The largest absolute Gasteiger partial charge is 0.490 e. The maximum Gasteiger partial charge on any atom is 0.256 e. The standard InChI is InChI=1S/C20H18ClN3O2/c1-22-19-7-6-16(10-18(19)21)26-15-4-2-14(3-5-15)24-12-13-8-9-23-11-17(13)20(24)25/h6-11,14-15H,2-5,12H2/i12D2. The van der Waals surface area contributed by atoms with Crippen molar-refractivity contribution >= 4 is 23.2 Å². The number of carbonyl (C=O) groups is 1. The van der Waals surface area contributed by atoms with E-state index in [4.69, 9.17) is 25.7 Å². The van der Waals surface area contributed by atoms with E-state index in [2.05, 4.69) is 9.83 Å². The normalized spacial score (nSPS) is 25.1. The first kappa shape index (κ1) is 14.6. The molecule has 1 aliphatic heterocycles. The van der Waals surface area contributed by atoms with Gasteiger partial charge < -0.3 is 9.64 Å². The van der Waals surface area contributed by atoms with Crippen LogP contribution in [0.3, 0.4) is 0 Å². The van der Waals surface area contributed by atoms with Crippen LogP contribution >= 0.6 is 11.6 Å². The van der Waals surface area contributed by atoms with Crippen LogP contribution in [0.25, 0.3) is 4.85 Å². The van der Waals surface area contributed by atoms with Gasteiger partial charge >= 0.3 is 0 Å². The van der Waals surface area contributed by atoms with Crippen LogP contribution in [0, 0.1) is 6.57 Å². The third-order valence-electron chi connectivity index (χ3n) is 4.86. The summed E-state index contributed by atoms with van der Waals surface area (Å²) in [5.41, 5.74) is 1.13. The summed E-state index contributed by atoms with van der Waals surface area (Å²) in [7, 11) is 0. The summed E-state index contributed by atoms with van der Waals surface area (Å²) < 4.78 is 22.9. The Labute approximate surface area is 160 Å². The van der Waals surface area contributed by atoms with Gasteiger partial charge in [-0.15, -0.1) is 0 Å². The van der Waals surface area contributed by atoms with Gasteiger partial charge in [-0.2, -0.15) is 0 Å². The quantitative estimate of drug-likeness (QED) is 0.741. The molecule has 2 heterocycles. The number of pyridine rings is 1.